The van der Waals surface area contributed by atoms with Gasteiger partial charge in [-0.25, -0.2) is 0 Å². The molecule has 6 heteroatoms. The minimum absolute atomic E-state index is 0.201. The van der Waals surface area contributed by atoms with Crippen LogP contribution >= 0.6 is 0 Å². The Hall–Kier alpha value is -0.690. The molecular formula is C12H24N2O4. The highest BCUT2D eigenvalue weighted by Gasteiger charge is 2.22. The van der Waals surface area contributed by atoms with E-state index in [4.69, 9.17) is 15.3 Å². The fourth-order valence-corrected chi connectivity index (χ4v) is 2.10. The van der Waals surface area contributed by atoms with Crippen LogP contribution in [0.4, 0.5) is 0 Å². The Morgan fingerprint density at radius 2 is 2.22 bits per heavy atom. The number of rotatable bonds is 8. The standard InChI is InChI=1S/C12H24N2O4/c1-9-4-2-3-5-11(9)17-7-10(15)6-14-18-8-12(13)16/h9-11,14-15H,2-8H2,1H3,(H2,13,16). The van der Waals surface area contributed by atoms with Gasteiger partial charge < -0.3 is 15.6 Å². The maximum Gasteiger partial charge on any atom is 0.245 e. The number of nitrogens with one attached hydrogen (secondary N) is 1. The second-order valence-electron chi connectivity index (χ2n) is 4.89. The Morgan fingerprint density at radius 3 is 2.89 bits per heavy atom. The lowest BCUT2D eigenvalue weighted by atomic mass is 9.88. The first-order valence-electron chi connectivity index (χ1n) is 6.52. The third-order valence-corrected chi connectivity index (χ3v) is 3.17. The van der Waals surface area contributed by atoms with Crippen molar-refractivity contribution in [2.45, 2.75) is 44.8 Å². The summed E-state index contributed by atoms with van der Waals surface area (Å²) in [7, 11) is 0. The summed E-state index contributed by atoms with van der Waals surface area (Å²) in [6.07, 6.45) is 4.34. The van der Waals surface area contributed by atoms with E-state index in [0.29, 0.717) is 5.92 Å². The lowest BCUT2D eigenvalue weighted by Crippen LogP contribution is -2.35. The van der Waals surface area contributed by atoms with Crippen molar-refractivity contribution in [2.24, 2.45) is 11.7 Å². The molecule has 0 aromatic heterocycles. The summed E-state index contributed by atoms with van der Waals surface area (Å²) in [6, 6.07) is 0. The first-order valence-corrected chi connectivity index (χ1v) is 6.52. The van der Waals surface area contributed by atoms with Gasteiger partial charge >= 0.3 is 0 Å². The quantitative estimate of drug-likeness (QED) is 0.420. The van der Waals surface area contributed by atoms with Crippen LogP contribution in [0.1, 0.15) is 32.6 Å². The fraction of sp³-hybridized carbons (Fsp3) is 0.917. The summed E-state index contributed by atoms with van der Waals surface area (Å²) in [5.74, 6) is 0.00860. The van der Waals surface area contributed by atoms with E-state index in [2.05, 4.69) is 12.4 Å². The van der Waals surface area contributed by atoms with E-state index in [1.54, 1.807) is 0 Å². The molecule has 1 aliphatic carbocycles. The van der Waals surface area contributed by atoms with Crippen LogP contribution in [0.2, 0.25) is 0 Å². The third-order valence-electron chi connectivity index (χ3n) is 3.17. The number of carbonyl (C=O) groups is 1. The summed E-state index contributed by atoms with van der Waals surface area (Å²) in [5, 5.41) is 9.65. The molecule has 1 fully saturated rings. The minimum Gasteiger partial charge on any atom is -0.389 e. The molecule has 0 aromatic rings. The highest BCUT2D eigenvalue weighted by Crippen LogP contribution is 2.26. The minimum atomic E-state index is -0.646. The van der Waals surface area contributed by atoms with Gasteiger partial charge in [0.2, 0.25) is 5.91 Å². The van der Waals surface area contributed by atoms with Gasteiger partial charge in [-0.3, -0.25) is 9.63 Å². The van der Waals surface area contributed by atoms with Crippen LogP contribution in [0.3, 0.4) is 0 Å². The Morgan fingerprint density at radius 1 is 1.50 bits per heavy atom. The lowest BCUT2D eigenvalue weighted by molar-refractivity contribution is -0.126. The van der Waals surface area contributed by atoms with Crippen LogP contribution in [0.25, 0.3) is 0 Å². The fourth-order valence-electron chi connectivity index (χ4n) is 2.10. The average molecular weight is 260 g/mol. The zero-order chi connectivity index (χ0) is 13.4. The van der Waals surface area contributed by atoms with Crippen LogP contribution in [0.5, 0.6) is 0 Å². The summed E-state index contributed by atoms with van der Waals surface area (Å²) < 4.78 is 5.70. The summed E-state index contributed by atoms with van der Waals surface area (Å²) in [4.78, 5) is 15.1. The van der Waals surface area contributed by atoms with Gasteiger partial charge in [0.05, 0.1) is 18.8 Å². The molecule has 0 heterocycles. The molecule has 1 rings (SSSR count). The van der Waals surface area contributed by atoms with Crippen molar-refractivity contribution in [2.75, 3.05) is 19.8 Å². The van der Waals surface area contributed by atoms with Gasteiger partial charge in [-0.15, -0.1) is 0 Å². The molecule has 6 nitrogen and oxygen atoms in total. The molecule has 0 aliphatic heterocycles. The number of nitrogens with two attached hydrogens (primary N) is 1. The number of hydrogen-bond acceptors (Lipinski definition) is 5. The molecular weight excluding hydrogens is 236 g/mol. The molecule has 1 aliphatic rings. The number of aliphatic hydroxyl groups excluding tert-OH is 1. The molecule has 4 N–H and O–H groups in total. The van der Waals surface area contributed by atoms with Crippen molar-refractivity contribution in [1.82, 2.24) is 5.48 Å². The third kappa shape index (κ3) is 6.30. The van der Waals surface area contributed by atoms with Crippen molar-refractivity contribution in [1.29, 1.82) is 0 Å². The molecule has 3 atom stereocenters. The molecule has 0 aromatic carbocycles. The summed E-state index contributed by atoms with van der Waals surface area (Å²) in [5.41, 5.74) is 7.37. The first kappa shape index (κ1) is 15.4. The molecule has 0 spiro atoms. The number of aliphatic hydroxyl groups is 1. The van der Waals surface area contributed by atoms with Gasteiger partial charge in [-0.1, -0.05) is 19.8 Å². The zero-order valence-electron chi connectivity index (χ0n) is 10.9. The molecule has 0 radical (unpaired) electrons. The normalized spacial score (nSPS) is 25.9. The molecule has 1 saturated carbocycles. The van der Waals surface area contributed by atoms with Crippen molar-refractivity contribution in [3.8, 4) is 0 Å². The van der Waals surface area contributed by atoms with Gasteiger partial charge in [0.25, 0.3) is 0 Å². The van der Waals surface area contributed by atoms with E-state index in [1.807, 2.05) is 0 Å². The Labute approximate surface area is 108 Å². The zero-order valence-corrected chi connectivity index (χ0v) is 10.9. The van der Waals surface area contributed by atoms with Crippen LogP contribution in [-0.4, -0.2) is 43.0 Å². The van der Waals surface area contributed by atoms with E-state index in [0.717, 1.165) is 6.42 Å². The van der Waals surface area contributed by atoms with Gasteiger partial charge in [0.15, 0.2) is 0 Å². The largest absolute Gasteiger partial charge is 0.389 e. The smallest absolute Gasteiger partial charge is 0.245 e. The highest BCUT2D eigenvalue weighted by molar-refractivity contribution is 5.74. The van der Waals surface area contributed by atoms with Gasteiger partial charge in [-0.2, -0.15) is 5.48 Å². The van der Waals surface area contributed by atoms with E-state index < -0.39 is 12.0 Å². The molecule has 1 amide bonds. The number of hydrogen-bond donors (Lipinski definition) is 3. The van der Waals surface area contributed by atoms with E-state index in [1.165, 1.54) is 19.3 Å². The maximum atomic E-state index is 10.4. The monoisotopic (exact) mass is 260 g/mol. The molecule has 0 bridgehead atoms. The Balaban J connectivity index is 2.05. The second-order valence-corrected chi connectivity index (χ2v) is 4.89. The maximum absolute atomic E-state index is 10.4. The first-order chi connectivity index (χ1) is 8.59. The SMILES string of the molecule is CC1CCCCC1OCC(O)CNOCC(N)=O. The van der Waals surface area contributed by atoms with E-state index >= 15 is 0 Å². The average Bonchev–Trinajstić information content (AvgIpc) is 2.33. The number of amides is 1. The van der Waals surface area contributed by atoms with Crippen LogP contribution in [0, 0.1) is 5.92 Å². The van der Waals surface area contributed by atoms with Crippen molar-refractivity contribution in [3.63, 3.8) is 0 Å². The molecule has 106 valence electrons. The predicted octanol–water partition coefficient (Wildman–Crippen LogP) is -0.0509. The van der Waals surface area contributed by atoms with Gasteiger partial charge in [0.1, 0.15) is 6.61 Å². The van der Waals surface area contributed by atoms with Crippen molar-refractivity contribution >= 4 is 5.91 Å². The molecule has 0 saturated heterocycles. The number of primary amides is 1. The van der Waals surface area contributed by atoms with Crippen molar-refractivity contribution in [3.05, 3.63) is 0 Å². The summed E-state index contributed by atoms with van der Waals surface area (Å²) in [6.45, 7) is 2.48. The topological polar surface area (TPSA) is 93.8 Å². The highest BCUT2D eigenvalue weighted by atomic mass is 16.6. The lowest BCUT2D eigenvalue weighted by Gasteiger charge is -2.29. The number of ether oxygens (including phenoxy) is 1. The van der Waals surface area contributed by atoms with E-state index in [-0.39, 0.29) is 25.9 Å². The van der Waals surface area contributed by atoms with Gasteiger partial charge in [-0.05, 0) is 18.8 Å². The predicted molar refractivity (Wildman–Crippen MR) is 66.5 cm³/mol. The second kappa shape index (κ2) is 8.42. The van der Waals surface area contributed by atoms with E-state index in [9.17, 15) is 9.90 Å². The summed E-state index contributed by atoms with van der Waals surface area (Å²) >= 11 is 0. The Kier molecular flexibility index (Phi) is 7.19. The number of hydroxylamine groups is 1. The number of carbonyl (C=O) groups excluding carboxylic acids is 1. The molecule has 3 unspecified atom stereocenters. The Bertz CT molecular complexity index is 250. The van der Waals surface area contributed by atoms with Crippen LogP contribution < -0.4 is 11.2 Å². The van der Waals surface area contributed by atoms with Crippen molar-refractivity contribution < 1.29 is 19.5 Å². The van der Waals surface area contributed by atoms with Gasteiger partial charge in [0, 0.05) is 6.54 Å². The molecule has 18 heavy (non-hydrogen) atoms. The van der Waals surface area contributed by atoms with Crippen LogP contribution in [0.15, 0.2) is 0 Å². The van der Waals surface area contributed by atoms with Crippen LogP contribution in [-0.2, 0) is 14.4 Å².